The zero-order valence-electron chi connectivity index (χ0n) is 15.8. The Balaban J connectivity index is 1.58. The molecule has 7 heteroatoms. The van der Waals surface area contributed by atoms with Gasteiger partial charge >= 0.3 is 0 Å². The molecule has 0 spiro atoms. The summed E-state index contributed by atoms with van der Waals surface area (Å²) in [6.07, 6.45) is 2.54. The number of ether oxygens (including phenoxy) is 2. The van der Waals surface area contributed by atoms with Gasteiger partial charge in [0.1, 0.15) is 11.5 Å². The van der Waals surface area contributed by atoms with Gasteiger partial charge in [0, 0.05) is 12.5 Å². The molecule has 3 rings (SSSR count). The van der Waals surface area contributed by atoms with Crippen molar-refractivity contribution in [1.29, 1.82) is 0 Å². The Hall–Kier alpha value is -2.54. The van der Waals surface area contributed by atoms with Crippen LogP contribution in [0.4, 0.5) is 5.00 Å². The summed E-state index contributed by atoms with van der Waals surface area (Å²) in [5, 5.41) is 6.57. The second-order valence-corrected chi connectivity index (χ2v) is 7.62. The Kier molecular flexibility index (Phi) is 6.01. The topological polar surface area (TPSA) is 76.7 Å². The fraction of sp³-hybridized carbons (Fsp3) is 0.400. The van der Waals surface area contributed by atoms with Crippen molar-refractivity contribution in [1.82, 2.24) is 5.32 Å². The molecule has 1 heterocycles. The van der Waals surface area contributed by atoms with E-state index in [1.165, 1.54) is 11.3 Å². The zero-order chi connectivity index (χ0) is 19.4. The average Bonchev–Trinajstić information content (AvgIpc) is 3.45. The number of carbonyl (C=O) groups excluding carboxylic acids is 2. The second kappa shape index (κ2) is 8.43. The summed E-state index contributed by atoms with van der Waals surface area (Å²) in [6.45, 7) is 2.35. The van der Waals surface area contributed by atoms with Crippen LogP contribution in [0.5, 0.6) is 11.5 Å². The molecule has 1 fully saturated rings. The van der Waals surface area contributed by atoms with Gasteiger partial charge in [-0.1, -0.05) is 0 Å². The van der Waals surface area contributed by atoms with Gasteiger partial charge in [0.05, 0.1) is 24.1 Å². The van der Waals surface area contributed by atoms with Gasteiger partial charge in [-0.2, -0.15) is 0 Å². The molecule has 1 aromatic carbocycles. The van der Waals surface area contributed by atoms with Crippen LogP contribution >= 0.6 is 11.3 Å². The Morgan fingerprint density at radius 2 is 1.96 bits per heavy atom. The fourth-order valence-electron chi connectivity index (χ4n) is 2.81. The van der Waals surface area contributed by atoms with Crippen LogP contribution in [0, 0.1) is 12.8 Å². The molecular formula is C20H24N2O4S. The van der Waals surface area contributed by atoms with E-state index in [9.17, 15) is 9.59 Å². The summed E-state index contributed by atoms with van der Waals surface area (Å²) in [5.41, 5.74) is 1.83. The fourth-order valence-corrected chi connectivity index (χ4v) is 3.80. The maximum absolute atomic E-state index is 12.5. The predicted octanol–water partition coefficient (Wildman–Crippen LogP) is 3.39. The van der Waals surface area contributed by atoms with Crippen LogP contribution in [0.25, 0.3) is 0 Å². The van der Waals surface area contributed by atoms with Crippen LogP contribution in [-0.2, 0) is 11.2 Å². The number of methoxy groups -OCH3 is 2. The number of anilines is 1. The zero-order valence-corrected chi connectivity index (χ0v) is 16.6. The van der Waals surface area contributed by atoms with E-state index in [-0.39, 0.29) is 17.7 Å². The van der Waals surface area contributed by atoms with Crippen LogP contribution in [0.15, 0.2) is 24.3 Å². The van der Waals surface area contributed by atoms with Crippen LogP contribution in [0.1, 0.15) is 33.6 Å². The molecule has 0 bridgehead atoms. The summed E-state index contributed by atoms with van der Waals surface area (Å²) < 4.78 is 10.6. The van der Waals surface area contributed by atoms with E-state index in [0.717, 1.165) is 40.5 Å². The molecule has 27 heavy (non-hydrogen) atoms. The van der Waals surface area contributed by atoms with E-state index in [1.54, 1.807) is 14.2 Å². The maximum Gasteiger partial charge on any atom is 0.261 e. The number of hydrogen-bond donors (Lipinski definition) is 2. The lowest BCUT2D eigenvalue weighted by Gasteiger charge is -2.11. The van der Waals surface area contributed by atoms with Crippen molar-refractivity contribution in [2.24, 2.45) is 5.92 Å². The summed E-state index contributed by atoms with van der Waals surface area (Å²) in [7, 11) is 3.24. The molecule has 0 saturated heterocycles. The summed E-state index contributed by atoms with van der Waals surface area (Å²) >= 11 is 1.31. The predicted molar refractivity (Wildman–Crippen MR) is 106 cm³/mol. The van der Waals surface area contributed by atoms with Crippen molar-refractivity contribution in [3.8, 4) is 11.5 Å². The van der Waals surface area contributed by atoms with Crippen molar-refractivity contribution in [3.63, 3.8) is 0 Å². The van der Waals surface area contributed by atoms with E-state index < -0.39 is 0 Å². The normalized spacial score (nSPS) is 13.1. The third-order valence-corrected chi connectivity index (χ3v) is 5.64. The van der Waals surface area contributed by atoms with Gasteiger partial charge in [-0.05, 0) is 61.6 Å². The Labute approximate surface area is 162 Å². The van der Waals surface area contributed by atoms with Crippen molar-refractivity contribution in [2.45, 2.75) is 26.2 Å². The van der Waals surface area contributed by atoms with Gasteiger partial charge < -0.3 is 20.1 Å². The standard InChI is InChI=1S/C20H24N2O4S/c1-12-10-17(22-19(23)13-4-5-13)27-18(12)20(24)21-9-8-14-11-15(25-2)6-7-16(14)26-3/h6-7,10-11,13H,4-5,8-9H2,1-3H3,(H,21,24)(H,22,23). The summed E-state index contributed by atoms with van der Waals surface area (Å²) in [5.74, 6) is 1.58. The Bertz CT molecular complexity index is 843. The van der Waals surface area contributed by atoms with E-state index in [4.69, 9.17) is 9.47 Å². The van der Waals surface area contributed by atoms with E-state index in [0.29, 0.717) is 17.8 Å². The molecule has 0 radical (unpaired) electrons. The van der Waals surface area contributed by atoms with Gasteiger partial charge in [-0.3, -0.25) is 9.59 Å². The number of aryl methyl sites for hydroxylation is 1. The van der Waals surface area contributed by atoms with Gasteiger partial charge in [0.25, 0.3) is 5.91 Å². The van der Waals surface area contributed by atoms with Gasteiger partial charge in [-0.25, -0.2) is 0 Å². The highest BCUT2D eigenvalue weighted by molar-refractivity contribution is 7.18. The highest BCUT2D eigenvalue weighted by Gasteiger charge is 2.30. The molecule has 144 valence electrons. The van der Waals surface area contributed by atoms with Crippen LogP contribution in [0.3, 0.4) is 0 Å². The highest BCUT2D eigenvalue weighted by atomic mass is 32.1. The van der Waals surface area contributed by atoms with Crippen LogP contribution < -0.4 is 20.1 Å². The third-order valence-electron chi connectivity index (χ3n) is 4.49. The first-order valence-electron chi connectivity index (χ1n) is 8.92. The van der Waals surface area contributed by atoms with E-state index >= 15 is 0 Å². The average molecular weight is 388 g/mol. The molecule has 0 aliphatic heterocycles. The number of amides is 2. The van der Waals surface area contributed by atoms with Gasteiger partial charge in [-0.15, -0.1) is 11.3 Å². The number of hydrogen-bond acceptors (Lipinski definition) is 5. The molecule has 1 aliphatic rings. The lowest BCUT2D eigenvalue weighted by molar-refractivity contribution is -0.117. The number of carbonyl (C=O) groups is 2. The molecular weight excluding hydrogens is 364 g/mol. The third kappa shape index (κ3) is 4.80. The maximum atomic E-state index is 12.5. The first-order chi connectivity index (χ1) is 13.0. The Morgan fingerprint density at radius 1 is 1.19 bits per heavy atom. The molecule has 2 aromatic rings. The first kappa shape index (κ1) is 19.2. The van der Waals surface area contributed by atoms with E-state index in [1.807, 2.05) is 31.2 Å². The molecule has 0 unspecified atom stereocenters. The number of thiophene rings is 1. The molecule has 2 N–H and O–H groups in total. The summed E-state index contributed by atoms with van der Waals surface area (Å²) in [4.78, 5) is 25.0. The lowest BCUT2D eigenvalue weighted by Crippen LogP contribution is -2.25. The SMILES string of the molecule is COc1ccc(OC)c(CCNC(=O)c2sc(NC(=O)C3CC3)cc2C)c1. The lowest BCUT2D eigenvalue weighted by atomic mass is 10.1. The monoisotopic (exact) mass is 388 g/mol. The second-order valence-electron chi connectivity index (χ2n) is 6.57. The first-order valence-corrected chi connectivity index (χ1v) is 9.74. The number of benzene rings is 1. The van der Waals surface area contributed by atoms with Crippen molar-refractivity contribution >= 4 is 28.2 Å². The van der Waals surface area contributed by atoms with E-state index in [2.05, 4.69) is 10.6 Å². The van der Waals surface area contributed by atoms with Crippen molar-refractivity contribution in [3.05, 3.63) is 40.3 Å². The van der Waals surface area contributed by atoms with Gasteiger partial charge in [0.15, 0.2) is 0 Å². The minimum atomic E-state index is -0.133. The Morgan fingerprint density at radius 3 is 2.63 bits per heavy atom. The number of nitrogens with one attached hydrogen (secondary N) is 2. The smallest absolute Gasteiger partial charge is 0.261 e. The molecule has 6 nitrogen and oxygen atoms in total. The quantitative estimate of drug-likeness (QED) is 0.727. The highest BCUT2D eigenvalue weighted by Crippen LogP contribution is 2.32. The molecule has 1 aliphatic carbocycles. The molecule has 0 atom stereocenters. The van der Waals surface area contributed by atoms with Crippen molar-refractivity contribution < 1.29 is 19.1 Å². The summed E-state index contributed by atoms with van der Waals surface area (Å²) in [6, 6.07) is 7.46. The number of rotatable bonds is 8. The minimum Gasteiger partial charge on any atom is -0.497 e. The van der Waals surface area contributed by atoms with Crippen LogP contribution in [-0.4, -0.2) is 32.6 Å². The molecule has 1 aromatic heterocycles. The van der Waals surface area contributed by atoms with Crippen LogP contribution in [0.2, 0.25) is 0 Å². The largest absolute Gasteiger partial charge is 0.497 e. The molecule has 1 saturated carbocycles. The van der Waals surface area contributed by atoms with Gasteiger partial charge in [0.2, 0.25) is 5.91 Å². The van der Waals surface area contributed by atoms with Crippen molar-refractivity contribution in [2.75, 3.05) is 26.1 Å². The molecule has 2 amide bonds. The minimum absolute atomic E-state index is 0.0494.